The number of aromatic nitrogens is 2. The van der Waals surface area contributed by atoms with Crippen LogP contribution in [0.2, 0.25) is 10.0 Å². The fourth-order valence-corrected chi connectivity index (χ4v) is 4.08. The molecule has 1 aromatic carbocycles. The molecule has 3 aromatic rings. The molecule has 1 aliphatic rings. The van der Waals surface area contributed by atoms with Crippen molar-refractivity contribution in [2.24, 2.45) is 0 Å². The lowest BCUT2D eigenvalue weighted by Gasteiger charge is -2.21. The van der Waals surface area contributed by atoms with Gasteiger partial charge in [0.05, 0.1) is 23.4 Å². The number of amides is 2. The Balaban J connectivity index is 1.50. The van der Waals surface area contributed by atoms with Crippen molar-refractivity contribution in [1.29, 1.82) is 0 Å². The molecule has 2 amide bonds. The molecule has 1 atom stereocenters. The lowest BCUT2D eigenvalue weighted by molar-refractivity contribution is -0.124. The molecule has 0 saturated heterocycles. The fraction of sp³-hybridized carbons (Fsp3) is 0.304. The fourth-order valence-electron chi connectivity index (χ4n) is 3.53. The Kier molecular flexibility index (Phi) is 6.77. The number of halogens is 3. The van der Waals surface area contributed by atoms with Crippen LogP contribution in [-0.4, -0.2) is 34.1 Å². The van der Waals surface area contributed by atoms with Crippen LogP contribution >= 0.6 is 23.2 Å². The van der Waals surface area contributed by atoms with E-state index in [1.807, 2.05) is 6.92 Å². The van der Waals surface area contributed by atoms with Gasteiger partial charge < -0.3 is 19.9 Å². The normalized spacial score (nSPS) is 14.9. The summed E-state index contributed by atoms with van der Waals surface area (Å²) in [6.07, 6.45) is 3.65. The van der Waals surface area contributed by atoms with Crippen LogP contribution in [-0.2, 0) is 4.79 Å². The van der Waals surface area contributed by atoms with Gasteiger partial charge in [-0.2, -0.15) is 0 Å². The quantitative estimate of drug-likeness (QED) is 0.457. The molecule has 8 nitrogen and oxygen atoms in total. The number of nitrogens with one attached hydrogen (secondary N) is 2. The number of rotatable bonds is 8. The molecule has 1 fully saturated rings. The van der Waals surface area contributed by atoms with Crippen molar-refractivity contribution >= 4 is 35.0 Å². The average molecular weight is 507 g/mol. The zero-order valence-corrected chi connectivity index (χ0v) is 19.8. The number of pyridine rings is 1. The summed E-state index contributed by atoms with van der Waals surface area (Å²) in [5.41, 5.74) is -0.0256. The lowest BCUT2D eigenvalue weighted by Crippen LogP contribution is -2.49. The van der Waals surface area contributed by atoms with Crippen molar-refractivity contribution in [3.8, 4) is 16.9 Å². The molecule has 0 spiro atoms. The predicted molar refractivity (Wildman–Crippen MR) is 123 cm³/mol. The minimum atomic E-state index is -1.06. The second-order valence-electron chi connectivity index (χ2n) is 7.90. The summed E-state index contributed by atoms with van der Waals surface area (Å²) >= 11 is 12.4. The summed E-state index contributed by atoms with van der Waals surface area (Å²) in [6, 6.07) is 5.10. The Bertz CT molecular complexity index is 1230. The van der Waals surface area contributed by atoms with Crippen molar-refractivity contribution in [2.45, 2.75) is 38.3 Å². The Labute approximate surface area is 204 Å². The molecule has 4 rings (SSSR count). The summed E-state index contributed by atoms with van der Waals surface area (Å²) in [5.74, 6) is -1.20. The largest absolute Gasteiger partial charge is 0.492 e. The van der Waals surface area contributed by atoms with Gasteiger partial charge in [0.25, 0.3) is 5.91 Å². The lowest BCUT2D eigenvalue weighted by atomic mass is 10.0. The van der Waals surface area contributed by atoms with Gasteiger partial charge in [-0.1, -0.05) is 28.4 Å². The smallest absolute Gasteiger partial charge is 0.274 e. The van der Waals surface area contributed by atoms with Gasteiger partial charge in [0, 0.05) is 28.4 Å². The van der Waals surface area contributed by atoms with E-state index in [2.05, 4.69) is 25.3 Å². The molecule has 2 N–H and O–H groups in total. The highest BCUT2D eigenvalue weighted by molar-refractivity contribution is 6.36. The number of carbonyl (C=O) groups excluding carboxylic acids is 2. The van der Waals surface area contributed by atoms with Crippen molar-refractivity contribution in [1.82, 2.24) is 20.8 Å². The van der Waals surface area contributed by atoms with E-state index in [1.54, 1.807) is 19.1 Å². The van der Waals surface area contributed by atoms with E-state index in [4.69, 9.17) is 27.9 Å². The molecule has 1 saturated carbocycles. The van der Waals surface area contributed by atoms with Crippen molar-refractivity contribution < 1.29 is 23.2 Å². The summed E-state index contributed by atoms with van der Waals surface area (Å²) in [7, 11) is 0. The van der Waals surface area contributed by atoms with Crippen molar-refractivity contribution in [3.05, 3.63) is 64.0 Å². The number of benzene rings is 1. The second kappa shape index (κ2) is 9.60. The first kappa shape index (κ1) is 24.0. The van der Waals surface area contributed by atoms with Gasteiger partial charge in [-0.3, -0.25) is 14.6 Å². The highest BCUT2D eigenvalue weighted by Crippen LogP contribution is 2.40. The van der Waals surface area contributed by atoms with Crippen LogP contribution in [0.1, 0.15) is 48.9 Å². The average Bonchev–Trinajstić information content (AvgIpc) is 3.36. The summed E-state index contributed by atoms with van der Waals surface area (Å²) in [4.78, 5) is 29.3. The van der Waals surface area contributed by atoms with Crippen molar-refractivity contribution in [3.63, 3.8) is 0 Å². The van der Waals surface area contributed by atoms with E-state index in [0.717, 1.165) is 0 Å². The Morgan fingerprint density at radius 1 is 1.29 bits per heavy atom. The predicted octanol–water partition coefficient (Wildman–Crippen LogP) is 4.72. The molecule has 178 valence electrons. The number of carbonyl (C=O) groups is 2. The van der Waals surface area contributed by atoms with Crippen LogP contribution < -0.4 is 15.4 Å². The van der Waals surface area contributed by atoms with Gasteiger partial charge in [0.15, 0.2) is 5.69 Å². The third-order valence-electron chi connectivity index (χ3n) is 5.44. The molecule has 0 aliphatic heterocycles. The molecule has 11 heteroatoms. The molecule has 0 unspecified atom stereocenters. The molecule has 1 aliphatic carbocycles. The zero-order valence-electron chi connectivity index (χ0n) is 18.3. The van der Waals surface area contributed by atoms with Crippen LogP contribution in [0.4, 0.5) is 4.39 Å². The van der Waals surface area contributed by atoms with Crippen LogP contribution in [0.25, 0.3) is 11.1 Å². The first-order valence-electron chi connectivity index (χ1n) is 10.6. The number of ether oxygens (including phenoxy) is 1. The van der Waals surface area contributed by atoms with E-state index in [1.165, 1.54) is 24.6 Å². The zero-order chi connectivity index (χ0) is 24.5. The highest BCUT2D eigenvalue weighted by Gasteiger charge is 2.51. The van der Waals surface area contributed by atoms with E-state index < -0.39 is 29.2 Å². The van der Waals surface area contributed by atoms with Crippen LogP contribution in [0, 0.1) is 5.82 Å². The van der Waals surface area contributed by atoms with Gasteiger partial charge in [-0.25, -0.2) is 4.39 Å². The molecule has 2 heterocycles. The number of hydrogen-bond acceptors (Lipinski definition) is 6. The SMILES string of the molecule is CCOc1c(Cl)cc(Cl)cc1-c1cnc([C@@H](C)NC(=O)C2(NC(=O)c3ccon3)CC2)c(F)c1. The monoisotopic (exact) mass is 506 g/mol. The molecule has 2 aromatic heterocycles. The van der Waals surface area contributed by atoms with Gasteiger partial charge >= 0.3 is 0 Å². The molecular formula is C23H21Cl2FN4O4. The maximum Gasteiger partial charge on any atom is 0.274 e. The van der Waals surface area contributed by atoms with Gasteiger partial charge in [0.2, 0.25) is 5.91 Å². The molecule has 0 bridgehead atoms. The maximum absolute atomic E-state index is 15.1. The van der Waals surface area contributed by atoms with Crippen LogP contribution in [0.3, 0.4) is 0 Å². The summed E-state index contributed by atoms with van der Waals surface area (Å²) in [6.45, 7) is 3.78. The standard InChI is InChI=1S/C23H21Cl2FN4O4/c1-3-33-20-15(9-14(24)10-16(20)25)13-8-17(26)19(27-11-13)12(2)28-22(32)23(5-6-23)29-21(31)18-4-7-34-30-18/h4,7-12H,3,5-6H2,1-2H3,(H,28,32)(H,29,31)/t12-/m1/s1. The third-order valence-corrected chi connectivity index (χ3v) is 5.94. The number of hydrogen-bond donors (Lipinski definition) is 2. The molecular weight excluding hydrogens is 486 g/mol. The molecule has 0 radical (unpaired) electrons. The molecule has 34 heavy (non-hydrogen) atoms. The second-order valence-corrected chi connectivity index (χ2v) is 8.75. The Morgan fingerprint density at radius 3 is 2.68 bits per heavy atom. The maximum atomic E-state index is 15.1. The van der Waals surface area contributed by atoms with Gasteiger partial charge in [-0.05, 0) is 44.9 Å². The number of nitrogens with zero attached hydrogens (tertiary/aromatic N) is 2. The highest BCUT2D eigenvalue weighted by atomic mass is 35.5. The topological polar surface area (TPSA) is 106 Å². The van der Waals surface area contributed by atoms with Gasteiger partial charge in [-0.15, -0.1) is 0 Å². The first-order valence-corrected chi connectivity index (χ1v) is 11.3. The first-order chi connectivity index (χ1) is 16.2. The summed E-state index contributed by atoms with van der Waals surface area (Å²) in [5, 5.41) is 9.65. The van der Waals surface area contributed by atoms with E-state index in [-0.39, 0.29) is 11.4 Å². The van der Waals surface area contributed by atoms with E-state index in [0.29, 0.717) is 46.4 Å². The van der Waals surface area contributed by atoms with Crippen LogP contribution in [0.5, 0.6) is 5.75 Å². The Morgan fingerprint density at radius 2 is 2.06 bits per heavy atom. The minimum Gasteiger partial charge on any atom is -0.492 e. The Hall–Kier alpha value is -3.17. The van der Waals surface area contributed by atoms with Crippen LogP contribution in [0.15, 0.2) is 41.2 Å². The van der Waals surface area contributed by atoms with Gasteiger partial charge in [0.1, 0.15) is 23.4 Å². The third kappa shape index (κ3) is 4.85. The summed E-state index contributed by atoms with van der Waals surface area (Å²) < 4.78 is 25.3. The van der Waals surface area contributed by atoms with E-state index in [9.17, 15) is 9.59 Å². The minimum absolute atomic E-state index is 0.0433. The van der Waals surface area contributed by atoms with Crippen molar-refractivity contribution in [2.75, 3.05) is 6.61 Å². The van der Waals surface area contributed by atoms with E-state index >= 15 is 4.39 Å².